The molecular weight excluding hydrogens is 487 g/mol. The van der Waals surface area contributed by atoms with E-state index in [0.717, 1.165) is 16.8 Å². The first-order chi connectivity index (χ1) is 15.3. The van der Waals surface area contributed by atoms with Crippen LogP contribution in [0.2, 0.25) is 0 Å². The Kier molecular flexibility index (Phi) is 4.88. The molecule has 1 N–H and O–H groups in total. The Morgan fingerprint density at radius 1 is 1.28 bits per heavy atom. The summed E-state index contributed by atoms with van der Waals surface area (Å²) in [6.07, 6.45) is 2.18. The Labute approximate surface area is 188 Å². The Hall–Kier alpha value is -3.41. The van der Waals surface area contributed by atoms with Crippen molar-refractivity contribution in [2.45, 2.75) is 38.4 Å². The van der Waals surface area contributed by atoms with Gasteiger partial charge in [0.1, 0.15) is 39.9 Å². The second-order valence-corrected chi connectivity index (χ2v) is 8.55. The van der Waals surface area contributed by atoms with Gasteiger partial charge in [-0.1, -0.05) is 0 Å². The average molecular weight is 503 g/mol. The van der Waals surface area contributed by atoms with E-state index < -0.39 is 23.2 Å². The predicted molar refractivity (Wildman–Crippen MR) is 112 cm³/mol. The molecule has 5 rings (SSSR count). The fourth-order valence-electron chi connectivity index (χ4n) is 4.25. The summed E-state index contributed by atoms with van der Waals surface area (Å²) < 4.78 is 16.0. The number of nitrogens with one attached hydrogen (secondary N) is 1. The highest BCUT2D eigenvalue weighted by atomic mass is 79.9. The van der Waals surface area contributed by atoms with Crippen molar-refractivity contribution in [2.75, 3.05) is 5.32 Å². The van der Waals surface area contributed by atoms with E-state index in [-0.39, 0.29) is 54.1 Å². The molecule has 0 radical (unpaired) electrons. The van der Waals surface area contributed by atoms with E-state index in [1.807, 2.05) is 0 Å². The van der Waals surface area contributed by atoms with Gasteiger partial charge in [0, 0.05) is 24.9 Å². The lowest BCUT2D eigenvalue weighted by molar-refractivity contribution is -0.118. The zero-order valence-electron chi connectivity index (χ0n) is 16.5. The number of fused-ring (bicyclic) bond motifs is 2. The monoisotopic (exact) mass is 502 g/mol. The Morgan fingerprint density at radius 3 is 2.78 bits per heavy atom. The van der Waals surface area contributed by atoms with Gasteiger partial charge in [-0.05, 0) is 34.5 Å². The summed E-state index contributed by atoms with van der Waals surface area (Å²) >= 11 is 3.23. The number of halogens is 2. The fourth-order valence-corrected chi connectivity index (χ4v) is 4.61. The van der Waals surface area contributed by atoms with Crippen LogP contribution in [0.25, 0.3) is 5.65 Å². The van der Waals surface area contributed by atoms with E-state index in [1.165, 1.54) is 15.5 Å². The third kappa shape index (κ3) is 3.40. The summed E-state index contributed by atoms with van der Waals surface area (Å²) in [6.45, 7) is -0.244. The molecule has 1 atom stereocenters. The largest absolute Gasteiger partial charge is 0.329 e. The van der Waals surface area contributed by atoms with Crippen molar-refractivity contribution in [3.05, 3.63) is 56.4 Å². The van der Waals surface area contributed by atoms with Gasteiger partial charge in [-0.15, -0.1) is 0 Å². The number of ketones is 1. The number of Topliss-reactive ketones (excluding diaryl/α,β-unsaturated/α-hetero) is 1. The van der Waals surface area contributed by atoms with Crippen molar-refractivity contribution in [1.29, 1.82) is 0 Å². The van der Waals surface area contributed by atoms with Crippen molar-refractivity contribution in [1.82, 2.24) is 24.1 Å². The summed E-state index contributed by atoms with van der Waals surface area (Å²) in [5.41, 5.74) is 0.153. The molecular formula is C20H16BrFN6O4. The highest BCUT2D eigenvalue weighted by Gasteiger charge is 2.40. The minimum Gasteiger partial charge on any atom is -0.329 e. The first kappa shape index (κ1) is 20.5. The van der Waals surface area contributed by atoms with Crippen LogP contribution in [0.1, 0.15) is 35.3 Å². The van der Waals surface area contributed by atoms with Crippen molar-refractivity contribution in [3.8, 4) is 0 Å². The van der Waals surface area contributed by atoms with Crippen LogP contribution in [0.5, 0.6) is 0 Å². The number of hydrogen-bond donors (Lipinski definition) is 1. The first-order valence-electron chi connectivity index (χ1n) is 9.87. The molecule has 2 amide bonds. The fraction of sp³-hybridized carbons (Fsp3) is 0.300. The second-order valence-electron chi connectivity index (χ2n) is 7.73. The van der Waals surface area contributed by atoms with Crippen LogP contribution < -0.4 is 10.9 Å². The molecule has 0 unspecified atom stereocenters. The lowest BCUT2D eigenvalue weighted by Gasteiger charge is -2.22. The van der Waals surface area contributed by atoms with E-state index in [1.54, 1.807) is 6.07 Å². The molecule has 32 heavy (non-hydrogen) atoms. The minimum absolute atomic E-state index is 0.0551. The first-order valence-corrected chi connectivity index (χ1v) is 10.7. The third-order valence-corrected chi connectivity index (χ3v) is 6.08. The van der Waals surface area contributed by atoms with Crippen LogP contribution in [-0.2, 0) is 22.7 Å². The van der Waals surface area contributed by atoms with Crippen LogP contribution >= 0.6 is 15.9 Å². The molecule has 1 saturated carbocycles. The Bertz CT molecular complexity index is 1350. The van der Waals surface area contributed by atoms with Crippen LogP contribution in [-0.4, -0.2) is 47.7 Å². The van der Waals surface area contributed by atoms with Gasteiger partial charge in [0.25, 0.3) is 11.5 Å². The van der Waals surface area contributed by atoms with E-state index in [2.05, 4.69) is 31.3 Å². The number of amides is 2. The normalized spacial score (nSPS) is 17.9. The molecule has 4 heterocycles. The summed E-state index contributed by atoms with van der Waals surface area (Å²) in [4.78, 5) is 56.2. The Morgan fingerprint density at radius 2 is 2.09 bits per heavy atom. The number of carbonyl (C=O) groups is 3. The summed E-state index contributed by atoms with van der Waals surface area (Å²) in [5.74, 6) is -1.22. The maximum atomic E-state index is 13.3. The van der Waals surface area contributed by atoms with Gasteiger partial charge in [0.15, 0.2) is 0 Å². The topological polar surface area (TPSA) is 119 Å². The second kappa shape index (κ2) is 7.62. The summed E-state index contributed by atoms with van der Waals surface area (Å²) in [7, 11) is 0. The van der Waals surface area contributed by atoms with Crippen molar-refractivity contribution in [2.24, 2.45) is 0 Å². The predicted octanol–water partition coefficient (Wildman–Crippen LogP) is 1.51. The van der Waals surface area contributed by atoms with Gasteiger partial charge in [-0.25, -0.2) is 9.37 Å². The summed E-state index contributed by atoms with van der Waals surface area (Å²) in [6, 6.07) is 3.75. The highest BCUT2D eigenvalue weighted by Crippen LogP contribution is 2.30. The van der Waals surface area contributed by atoms with E-state index >= 15 is 0 Å². The van der Waals surface area contributed by atoms with Crippen LogP contribution in [0.15, 0.2) is 33.8 Å². The molecule has 10 nitrogen and oxygen atoms in total. The molecule has 0 bridgehead atoms. The zero-order valence-corrected chi connectivity index (χ0v) is 18.1. The van der Waals surface area contributed by atoms with Gasteiger partial charge < -0.3 is 14.8 Å². The molecule has 164 valence electrons. The van der Waals surface area contributed by atoms with Gasteiger partial charge in [0.05, 0.1) is 18.3 Å². The molecule has 1 aliphatic heterocycles. The van der Waals surface area contributed by atoms with E-state index in [9.17, 15) is 23.6 Å². The van der Waals surface area contributed by atoms with Gasteiger partial charge in [0.2, 0.25) is 5.91 Å². The van der Waals surface area contributed by atoms with Crippen LogP contribution in [0, 0.1) is 5.82 Å². The van der Waals surface area contributed by atoms with Crippen molar-refractivity contribution < 1.29 is 18.8 Å². The van der Waals surface area contributed by atoms with Crippen molar-refractivity contribution >= 4 is 45.0 Å². The zero-order chi connectivity index (χ0) is 22.6. The molecule has 1 fully saturated rings. The van der Waals surface area contributed by atoms with Gasteiger partial charge in [-0.3, -0.25) is 19.2 Å². The van der Waals surface area contributed by atoms with Crippen molar-refractivity contribution in [3.63, 3.8) is 0 Å². The molecule has 0 spiro atoms. The van der Waals surface area contributed by atoms with Crippen LogP contribution in [0.4, 0.5) is 10.2 Å². The van der Waals surface area contributed by atoms with Gasteiger partial charge >= 0.3 is 0 Å². The summed E-state index contributed by atoms with van der Waals surface area (Å²) in [5, 5.41) is 6.70. The minimum atomic E-state index is -0.539. The number of rotatable bonds is 4. The molecule has 3 aromatic heterocycles. The third-order valence-electron chi connectivity index (χ3n) is 5.69. The van der Waals surface area contributed by atoms with Crippen LogP contribution in [0.3, 0.4) is 0 Å². The maximum Gasteiger partial charge on any atom is 0.280 e. The number of carbonyl (C=O) groups excluding carboxylic acids is 3. The number of aromatic nitrogens is 4. The number of nitrogens with zero attached hydrogens (tertiary/aromatic N) is 5. The molecule has 1 aliphatic carbocycles. The molecule has 0 aromatic carbocycles. The standard InChI is InChI=1S/C20H16BrFN6O4/c21-14-6-17-27(9-16(30)24-15-4-1-10(22)7-23-15)18-13(19(31)28(17)25-14)8-26(20(18)32)11-2-3-12(29)5-11/h1,4,6-7,11H,2-3,5,8-9H2,(H,23,24,30)/t11-/m1/s1. The molecule has 2 aliphatic rings. The lowest BCUT2D eigenvalue weighted by Crippen LogP contribution is -2.35. The molecule has 3 aromatic rings. The smallest absolute Gasteiger partial charge is 0.280 e. The van der Waals surface area contributed by atoms with E-state index in [0.29, 0.717) is 17.4 Å². The highest BCUT2D eigenvalue weighted by molar-refractivity contribution is 9.10. The quantitative estimate of drug-likeness (QED) is 0.577. The van der Waals surface area contributed by atoms with Gasteiger partial charge in [-0.2, -0.15) is 9.61 Å². The molecule has 0 saturated heterocycles. The average Bonchev–Trinajstić information content (AvgIpc) is 3.44. The lowest BCUT2D eigenvalue weighted by atomic mass is 10.2. The number of anilines is 1. The maximum absolute atomic E-state index is 13.3. The Balaban J connectivity index is 1.54. The van der Waals surface area contributed by atoms with E-state index in [4.69, 9.17) is 0 Å². The number of hydrogen-bond acceptors (Lipinski definition) is 6. The number of pyridine rings is 1. The molecule has 12 heteroatoms. The SMILES string of the molecule is O=C1CC[C@@H](N2Cc3c(n(CC(=O)Nc4ccc(F)cn4)c4cc(Br)nn4c3=O)C2=O)C1.